The van der Waals surface area contributed by atoms with E-state index < -0.39 is 0 Å². The van der Waals surface area contributed by atoms with Gasteiger partial charge in [-0.2, -0.15) is 0 Å². The molecule has 1 radical (unpaired) electrons. The van der Waals surface area contributed by atoms with Crippen LogP contribution in [0.2, 0.25) is 0 Å². The van der Waals surface area contributed by atoms with Gasteiger partial charge in [-0.3, -0.25) is 4.79 Å². The number of rotatable bonds is 2. The van der Waals surface area contributed by atoms with Crippen molar-refractivity contribution in [3.63, 3.8) is 0 Å². The van der Waals surface area contributed by atoms with Crippen molar-refractivity contribution in [3.05, 3.63) is 5.84 Å². The molecule has 0 aliphatic heterocycles. The summed E-state index contributed by atoms with van der Waals surface area (Å²) in [6.45, 7) is 1.90. The van der Waals surface area contributed by atoms with E-state index in [0.29, 0.717) is 6.42 Å². The Bertz CT molecular complexity index is 67.1. The molecule has 0 aromatic carbocycles. The van der Waals surface area contributed by atoms with Crippen molar-refractivity contribution >= 4 is 5.91 Å². The first kappa shape index (κ1) is 10.8. The molecule has 0 spiro atoms. The smallest absolute Gasteiger partial charge is 0.203 e. The molecule has 0 bridgehead atoms. The van der Waals surface area contributed by atoms with E-state index in [2.05, 4.69) is 0 Å². The van der Waals surface area contributed by atoms with Crippen molar-refractivity contribution in [2.75, 3.05) is 0 Å². The van der Waals surface area contributed by atoms with Crippen LogP contribution in [-0.4, -0.2) is 5.91 Å². The van der Waals surface area contributed by atoms with Gasteiger partial charge in [0.05, 0.1) is 0 Å². The first-order valence-electron chi connectivity index (χ1n) is 2.26. The van der Waals surface area contributed by atoms with Crippen molar-refractivity contribution in [1.82, 2.24) is 5.43 Å². The summed E-state index contributed by atoms with van der Waals surface area (Å²) >= 11 is 0. The summed E-state index contributed by atoms with van der Waals surface area (Å²) in [5.41, 5.74) is 1.78. The van der Waals surface area contributed by atoms with Gasteiger partial charge in [-0.25, -0.2) is 0 Å². The third kappa shape index (κ3) is 5.94. The minimum absolute atomic E-state index is 0. The van der Waals surface area contributed by atoms with Gasteiger partial charge >= 0.3 is 0 Å². The van der Waals surface area contributed by atoms with E-state index in [1.807, 2.05) is 6.92 Å². The van der Waals surface area contributed by atoms with Gasteiger partial charge in [0.15, 0.2) is 0 Å². The van der Waals surface area contributed by atoms with Gasteiger partial charge in [-0.05, 0) is 6.42 Å². The zero-order valence-electron chi connectivity index (χ0n) is 4.66. The van der Waals surface area contributed by atoms with Crippen LogP contribution in [0.1, 0.15) is 19.8 Å². The normalized spacial score (nSPS) is 7.25. The molecule has 0 fully saturated rings. The molecule has 0 aliphatic carbocycles. The fraction of sp³-hybridized carbons (Fsp3) is 0.750. The standard InChI is InChI=1S/C4H9N2O.Co/c1-2-3-4(7)6-5;/h5H,2-3H2,1H3,(H,6,7);/q-1;. The van der Waals surface area contributed by atoms with Crippen molar-refractivity contribution in [1.29, 1.82) is 0 Å². The average molecular weight is 160 g/mol. The average Bonchev–Trinajstić information content (AvgIpc) is 1.68. The number of nitrogens with one attached hydrogen (secondary N) is 2. The minimum Gasteiger partial charge on any atom is -0.584 e. The van der Waals surface area contributed by atoms with Crippen LogP contribution >= 0.6 is 0 Å². The molecule has 0 aromatic rings. The van der Waals surface area contributed by atoms with Gasteiger partial charge in [-0.1, -0.05) is 6.92 Å². The van der Waals surface area contributed by atoms with Crippen molar-refractivity contribution in [2.45, 2.75) is 19.8 Å². The summed E-state index contributed by atoms with van der Waals surface area (Å²) in [6.07, 6.45) is 1.27. The molecule has 0 aromatic heterocycles. The van der Waals surface area contributed by atoms with E-state index in [1.54, 1.807) is 5.43 Å². The van der Waals surface area contributed by atoms with Crippen LogP contribution in [0.15, 0.2) is 0 Å². The molecule has 0 unspecified atom stereocenters. The van der Waals surface area contributed by atoms with Crippen molar-refractivity contribution in [3.8, 4) is 0 Å². The van der Waals surface area contributed by atoms with Gasteiger partial charge in [0, 0.05) is 23.2 Å². The second-order valence-corrected chi connectivity index (χ2v) is 1.30. The van der Waals surface area contributed by atoms with Crippen LogP contribution in [0.3, 0.4) is 0 Å². The number of hydrogen-bond donors (Lipinski definition) is 1. The second-order valence-electron chi connectivity index (χ2n) is 1.30. The quantitative estimate of drug-likeness (QED) is 0.598. The van der Waals surface area contributed by atoms with Crippen LogP contribution in [0, 0.1) is 0 Å². The van der Waals surface area contributed by atoms with Crippen molar-refractivity contribution < 1.29 is 21.6 Å². The van der Waals surface area contributed by atoms with Gasteiger partial charge in [0.25, 0.3) is 0 Å². The molecule has 2 N–H and O–H groups in total. The first-order valence-corrected chi connectivity index (χ1v) is 2.26. The molecule has 51 valence electrons. The number of carbonyl (C=O) groups excluding carboxylic acids is 1. The number of carbonyl (C=O) groups is 1. The van der Waals surface area contributed by atoms with Crippen molar-refractivity contribution in [2.24, 2.45) is 0 Å². The van der Waals surface area contributed by atoms with E-state index in [0.717, 1.165) is 6.42 Å². The van der Waals surface area contributed by atoms with Crippen LogP contribution in [0.4, 0.5) is 0 Å². The molecule has 1 amide bonds. The molecule has 0 heterocycles. The van der Waals surface area contributed by atoms with E-state index in [1.165, 1.54) is 0 Å². The Labute approximate surface area is 59.2 Å². The molecule has 4 heteroatoms. The maximum Gasteiger partial charge on any atom is 0.203 e. The second kappa shape index (κ2) is 6.94. The van der Waals surface area contributed by atoms with Gasteiger partial charge in [-0.15, -0.1) is 0 Å². The maximum atomic E-state index is 10.1. The Morgan fingerprint density at radius 3 is 2.38 bits per heavy atom. The summed E-state index contributed by atoms with van der Waals surface area (Å²) in [5.74, 6) is 6.11. The summed E-state index contributed by atoms with van der Waals surface area (Å²) in [4.78, 5) is 10.1. The zero-order valence-corrected chi connectivity index (χ0v) is 5.70. The molecule has 8 heavy (non-hydrogen) atoms. The summed E-state index contributed by atoms with van der Waals surface area (Å²) in [6, 6.07) is 0. The van der Waals surface area contributed by atoms with Gasteiger partial charge in [0.1, 0.15) is 0 Å². The molecular formula is C4H9CoN2O-. The summed E-state index contributed by atoms with van der Waals surface area (Å²) in [5, 5.41) is 0. The Kier molecular flexibility index (Phi) is 9.40. The molecule has 0 atom stereocenters. The number of amides is 1. The fourth-order valence-electron chi connectivity index (χ4n) is 0.290. The third-order valence-corrected chi connectivity index (χ3v) is 0.616. The van der Waals surface area contributed by atoms with E-state index in [9.17, 15) is 4.79 Å². The monoisotopic (exact) mass is 160 g/mol. The Morgan fingerprint density at radius 1 is 1.75 bits per heavy atom. The largest absolute Gasteiger partial charge is 0.584 e. The Morgan fingerprint density at radius 2 is 2.25 bits per heavy atom. The molecular weight excluding hydrogens is 151 g/mol. The SMILES string of the molecule is CCCC(=O)N[NH-].[Co]. The molecule has 0 saturated heterocycles. The van der Waals surface area contributed by atoms with Crippen LogP contribution < -0.4 is 5.43 Å². The fourth-order valence-corrected chi connectivity index (χ4v) is 0.290. The Balaban J connectivity index is 0. The Hall–Kier alpha value is -0.0635. The van der Waals surface area contributed by atoms with Crippen LogP contribution in [0.25, 0.3) is 5.84 Å². The minimum atomic E-state index is -0.206. The summed E-state index contributed by atoms with van der Waals surface area (Å²) in [7, 11) is 0. The van der Waals surface area contributed by atoms with Crippen LogP contribution in [0.5, 0.6) is 0 Å². The topological polar surface area (TPSA) is 52.9 Å². The third-order valence-electron chi connectivity index (χ3n) is 0.616. The van der Waals surface area contributed by atoms with E-state index >= 15 is 0 Å². The number of hydrogen-bond acceptors (Lipinski definition) is 1. The first-order chi connectivity index (χ1) is 3.31. The maximum absolute atomic E-state index is 10.1. The molecule has 0 rings (SSSR count). The van der Waals surface area contributed by atoms with Crippen LogP contribution in [-0.2, 0) is 21.6 Å². The van der Waals surface area contributed by atoms with E-state index in [4.69, 9.17) is 5.84 Å². The molecule has 3 nitrogen and oxygen atoms in total. The van der Waals surface area contributed by atoms with Gasteiger partial charge in [0.2, 0.25) is 5.91 Å². The zero-order chi connectivity index (χ0) is 5.70. The molecule has 0 aliphatic rings. The predicted octanol–water partition coefficient (Wildman–Crippen LogP) is 0.867. The van der Waals surface area contributed by atoms with Gasteiger partial charge < -0.3 is 11.3 Å². The van der Waals surface area contributed by atoms with E-state index in [-0.39, 0.29) is 22.7 Å². The summed E-state index contributed by atoms with van der Waals surface area (Å²) < 4.78 is 0. The molecule has 0 saturated carbocycles. The predicted molar refractivity (Wildman–Crippen MR) is 27.4 cm³/mol.